The van der Waals surface area contributed by atoms with Crippen LogP contribution in [0.3, 0.4) is 0 Å². The normalized spacial score (nSPS) is 13.0. The molecule has 0 aromatic carbocycles. The predicted molar refractivity (Wildman–Crippen MR) is 44.1 cm³/mol. The summed E-state index contributed by atoms with van der Waals surface area (Å²) < 4.78 is 60.9. The number of alkyl halides is 5. The van der Waals surface area contributed by atoms with Crippen LogP contribution in [0, 0.1) is 0 Å². The minimum atomic E-state index is -5.68. The first kappa shape index (κ1) is 12.4. The molecule has 0 unspecified atom stereocenters. The van der Waals surface area contributed by atoms with Crippen molar-refractivity contribution in [3.8, 4) is 0 Å². The van der Waals surface area contributed by atoms with E-state index in [2.05, 4.69) is 0 Å². The fourth-order valence-electron chi connectivity index (χ4n) is 0.791. The van der Waals surface area contributed by atoms with Crippen LogP contribution in [0.4, 0.5) is 22.0 Å². The zero-order valence-corrected chi connectivity index (χ0v) is 7.74. The number of halogens is 5. The smallest absolute Gasteiger partial charge is 0.423 e. The van der Waals surface area contributed by atoms with Gasteiger partial charge in [0.05, 0.1) is 4.88 Å². The fraction of sp³-hybridized carbons (Fsp3) is 0.333. The van der Waals surface area contributed by atoms with E-state index in [1.807, 2.05) is 0 Å². The quantitative estimate of drug-likeness (QED) is 0.605. The molecule has 0 aliphatic rings. The van der Waals surface area contributed by atoms with Gasteiger partial charge in [-0.05, 0) is 16.9 Å². The molecule has 0 aliphatic carbocycles. The molecule has 0 fully saturated rings. The van der Waals surface area contributed by atoms with Crippen LogP contribution in [-0.2, 0) is 5.92 Å². The Bertz CT molecular complexity index is 348. The summed E-state index contributed by atoms with van der Waals surface area (Å²) in [6.45, 7) is 0. The summed E-state index contributed by atoms with van der Waals surface area (Å²) in [6, 6.07) is 0.419. The van der Waals surface area contributed by atoms with Crippen molar-refractivity contribution in [2.75, 3.05) is 0 Å². The van der Waals surface area contributed by atoms with E-state index in [1.165, 1.54) is 0 Å². The highest BCUT2D eigenvalue weighted by molar-refractivity contribution is 7.11. The van der Waals surface area contributed by atoms with Gasteiger partial charge in [0.1, 0.15) is 0 Å². The van der Waals surface area contributed by atoms with Crippen molar-refractivity contribution >= 4 is 23.9 Å². The molecule has 9 heteroatoms. The average Bonchev–Trinajstić information content (AvgIpc) is 2.49. The molecule has 0 spiro atoms. The summed E-state index contributed by atoms with van der Waals surface area (Å²) in [5.41, 5.74) is -0.390. The van der Waals surface area contributed by atoms with Crippen LogP contribution < -0.4 is 5.46 Å². The molecule has 0 amide bonds. The third-order valence-corrected chi connectivity index (χ3v) is 2.60. The third-order valence-electron chi connectivity index (χ3n) is 1.58. The first-order chi connectivity index (χ1) is 6.66. The van der Waals surface area contributed by atoms with Gasteiger partial charge in [0, 0.05) is 0 Å². The topological polar surface area (TPSA) is 40.5 Å². The summed E-state index contributed by atoms with van der Waals surface area (Å²) in [5, 5.41) is 17.9. The van der Waals surface area contributed by atoms with Crippen LogP contribution in [0.15, 0.2) is 11.4 Å². The van der Waals surface area contributed by atoms with Gasteiger partial charge < -0.3 is 10.0 Å². The second-order valence-corrected chi connectivity index (χ2v) is 3.60. The highest BCUT2D eigenvalue weighted by Gasteiger charge is 2.59. The first-order valence-electron chi connectivity index (χ1n) is 3.56. The molecule has 1 aromatic heterocycles. The second kappa shape index (κ2) is 3.73. The van der Waals surface area contributed by atoms with Gasteiger partial charge in [-0.2, -0.15) is 22.0 Å². The van der Waals surface area contributed by atoms with Gasteiger partial charge in [-0.1, -0.05) is 0 Å². The average molecular weight is 246 g/mol. The van der Waals surface area contributed by atoms with Gasteiger partial charge in [-0.15, -0.1) is 11.3 Å². The molecule has 1 rings (SSSR count). The van der Waals surface area contributed by atoms with Crippen molar-refractivity contribution in [1.82, 2.24) is 0 Å². The molecule has 0 atom stereocenters. The van der Waals surface area contributed by atoms with Gasteiger partial charge in [0.25, 0.3) is 0 Å². The number of thiophene rings is 1. The number of hydrogen-bond acceptors (Lipinski definition) is 3. The van der Waals surface area contributed by atoms with Gasteiger partial charge in [0.2, 0.25) is 0 Å². The summed E-state index contributed by atoms with van der Waals surface area (Å²) >= 11 is 0.122. The summed E-state index contributed by atoms with van der Waals surface area (Å²) in [5.74, 6) is -4.97. The lowest BCUT2D eigenvalue weighted by atomic mass is 9.82. The Hall–Kier alpha value is -0.665. The molecular formula is C6H4BF5O2S. The maximum absolute atomic E-state index is 12.7. The standard InChI is InChI=1S/C6H4BF5O2S/c8-5(9,6(10,11)12)4-1-3(2-15-4)7(13)14/h1-2,13-14H. The summed E-state index contributed by atoms with van der Waals surface area (Å²) in [7, 11) is -2.06. The zero-order chi connectivity index (χ0) is 11.9. The van der Waals surface area contributed by atoms with Crippen LogP contribution in [0.25, 0.3) is 0 Å². The van der Waals surface area contributed by atoms with Gasteiger partial charge in [-0.25, -0.2) is 0 Å². The van der Waals surface area contributed by atoms with Crippen molar-refractivity contribution in [3.63, 3.8) is 0 Å². The van der Waals surface area contributed by atoms with E-state index >= 15 is 0 Å². The predicted octanol–water partition coefficient (Wildman–Crippen LogP) is 1.08. The van der Waals surface area contributed by atoms with E-state index in [0.717, 1.165) is 5.38 Å². The van der Waals surface area contributed by atoms with E-state index < -0.39 is 24.1 Å². The highest BCUT2D eigenvalue weighted by atomic mass is 32.1. The Labute approximate surface area is 85.1 Å². The molecule has 0 bridgehead atoms. The SMILES string of the molecule is OB(O)c1csc(C(F)(F)C(F)(F)F)c1. The maximum atomic E-state index is 12.7. The zero-order valence-electron chi connectivity index (χ0n) is 6.92. The molecule has 1 heterocycles. The molecule has 2 nitrogen and oxygen atoms in total. The molecule has 1 aromatic rings. The van der Waals surface area contributed by atoms with Crippen molar-refractivity contribution in [2.45, 2.75) is 12.1 Å². The molecule has 15 heavy (non-hydrogen) atoms. The van der Waals surface area contributed by atoms with E-state index in [0.29, 0.717) is 6.07 Å². The Balaban J connectivity index is 3.06. The largest absolute Gasteiger partial charge is 0.489 e. The number of rotatable bonds is 2. The van der Waals surface area contributed by atoms with Gasteiger partial charge in [-0.3, -0.25) is 0 Å². The first-order valence-corrected chi connectivity index (χ1v) is 4.44. The molecule has 0 aliphatic heterocycles. The fourth-order valence-corrected chi connectivity index (χ4v) is 1.71. The van der Waals surface area contributed by atoms with E-state index in [-0.39, 0.29) is 16.8 Å². The minimum Gasteiger partial charge on any atom is -0.423 e. The van der Waals surface area contributed by atoms with Crippen LogP contribution in [0.5, 0.6) is 0 Å². The van der Waals surface area contributed by atoms with E-state index in [9.17, 15) is 22.0 Å². The lowest BCUT2D eigenvalue weighted by Crippen LogP contribution is -2.34. The van der Waals surface area contributed by atoms with Crippen molar-refractivity contribution < 1.29 is 32.0 Å². The van der Waals surface area contributed by atoms with Crippen molar-refractivity contribution in [3.05, 3.63) is 16.3 Å². The molecule has 2 N–H and O–H groups in total. The van der Waals surface area contributed by atoms with Crippen LogP contribution >= 0.6 is 11.3 Å². The minimum absolute atomic E-state index is 0.122. The van der Waals surface area contributed by atoms with Crippen LogP contribution in [0.1, 0.15) is 4.88 Å². The second-order valence-electron chi connectivity index (χ2n) is 2.69. The van der Waals surface area contributed by atoms with Gasteiger partial charge in [0.15, 0.2) is 0 Å². The summed E-state index contributed by atoms with van der Waals surface area (Å²) in [6.07, 6.45) is -5.68. The maximum Gasteiger partial charge on any atom is 0.489 e. The van der Waals surface area contributed by atoms with Gasteiger partial charge >= 0.3 is 19.2 Å². The van der Waals surface area contributed by atoms with E-state index in [4.69, 9.17) is 10.0 Å². The Morgan fingerprint density at radius 1 is 1.13 bits per heavy atom. The molecule has 0 saturated carbocycles. The molecule has 0 saturated heterocycles. The lowest BCUT2D eigenvalue weighted by Gasteiger charge is -2.17. The third kappa shape index (κ3) is 2.29. The Morgan fingerprint density at radius 2 is 1.67 bits per heavy atom. The molecule has 84 valence electrons. The van der Waals surface area contributed by atoms with Crippen molar-refractivity contribution in [1.29, 1.82) is 0 Å². The molecule has 0 radical (unpaired) electrons. The van der Waals surface area contributed by atoms with Crippen LogP contribution in [0.2, 0.25) is 0 Å². The Kier molecular flexibility index (Phi) is 3.08. The Morgan fingerprint density at radius 3 is 2.00 bits per heavy atom. The van der Waals surface area contributed by atoms with Crippen LogP contribution in [-0.4, -0.2) is 23.3 Å². The monoisotopic (exact) mass is 246 g/mol. The number of hydrogen-bond donors (Lipinski definition) is 2. The highest BCUT2D eigenvalue weighted by Crippen LogP contribution is 2.45. The van der Waals surface area contributed by atoms with Crippen molar-refractivity contribution in [2.24, 2.45) is 0 Å². The lowest BCUT2D eigenvalue weighted by molar-refractivity contribution is -0.287. The summed E-state index contributed by atoms with van der Waals surface area (Å²) in [4.78, 5) is -1.27. The molecular weight excluding hydrogens is 242 g/mol. The van der Waals surface area contributed by atoms with E-state index in [1.54, 1.807) is 0 Å².